The summed E-state index contributed by atoms with van der Waals surface area (Å²) in [5.41, 5.74) is 0. The molecule has 4 heteroatoms. The second kappa shape index (κ2) is 2.72. The van der Waals surface area contributed by atoms with Crippen LogP contribution < -0.4 is 0 Å². The second-order valence-electron chi connectivity index (χ2n) is 4.59. The monoisotopic (exact) mass is 266 g/mol. The summed E-state index contributed by atoms with van der Waals surface area (Å²) >= 11 is 3.68. The molecule has 0 aromatic carbocycles. The summed E-state index contributed by atoms with van der Waals surface area (Å²) < 4.78 is 23.1. The number of halogens is 1. The highest BCUT2D eigenvalue weighted by molar-refractivity contribution is 9.10. The van der Waals surface area contributed by atoms with Crippen molar-refractivity contribution in [3.63, 3.8) is 0 Å². The molecule has 76 valence electrons. The van der Waals surface area contributed by atoms with Gasteiger partial charge in [0.15, 0.2) is 9.84 Å². The number of hydrogen-bond donors (Lipinski definition) is 0. The van der Waals surface area contributed by atoms with E-state index in [1.54, 1.807) is 0 Å². The molecule has 2 unspecified atom stereocenters. The van der Waals surface area contributed by atoms with E-state index in [1.165, 1.54) is 12.7 Å². The lowest BCUT2D eigenvalue weighted by Crippen LogP contribution is -2.65. The van der Waals surface area contributed by atoms with Crippen LogP contribution in [0.3, 0.4) is 0 Å². The number of sulfone groups is 1. The van der Waals surface area contributed by atoms with E-state index < -0.39 is 9.84 Å². The molecule has 0 N–H and O–H groups in total. The van der Waals surface area contributed by atoms with Crippen LogP contribution in [0.4, 0.5) is 0 Å². The zero-order chi connectivity index (χ0) is 9.85. The van der Waals surface area contributed by atoms with Crippen LogP contribution in [0.1, 0.15) is 26.2 Å². The van der Waals surface area contributed by atoms with Gasteiger partial charge in [-0.15, -0.1) is 0 Å². The van der Waals surface area contributed by atoms with Crippen LogP contribution in [0.2, 0.25) is 0 Å². The van der Waals surface area contributed by atoms with E-state index in [4.69, 9.17) is 0 Å². The van der Waals surface area contributed by atoms with Crippen LogP contribution >= 0.6 is 15.9 Å². The van der Waals surface area contributed by atoms with Crippen LogP contribution in [0.25, 0.3) is 0 Å². The molecule has 13 heavy (non-hydrogen) atoms. The van der Waals surface area contributed by atoms with Gasteiger partial charge >= 0.3 is 0 Å². The van der Waals surface area contributed by atoms with Gasteiger partial charge in [0, 0.05) is 10.6 Å². The minimum Gasteiger partial charge on any atom is -0.229 e. The van der Waals surface area contributed by atoms with Crippen molar-refractivity contribution < 1.29 is 8.42 Å². The van der Waals surface area contributed by atoms with Gasteiger partial charge in [0.05, 0.1) is 5.25 Å². The molecule has 0 saturated heterocycles. The van der Waals surface area contributed by atoms with Crippen molar-refractivity contribution >= 4 is 25.8 Å². The molecule has 0 aromatic rings. The molecule has 0 radical (unpaired) electrons. The fourth-order valence-corrected chi connectivity index (χ4v) is 6.54. The molecule has 0 spiro atoms. The van der Waals surface area contributed by atoms with Gasteiger partial charge in [0.1, 0.15) is 0 Å². The van der Waals surface area contributed by atoms with Gasteiger partial charge in [-0.3, -0.25) is 0 Å². The van der Waals surface area contributed by atoms with Crippen LogP contribution in [0.15, 0.2) is 0 Å². The normalized spacial score (nSPS) is 49.9. The minimum absolute atomic E-state index is 0.0642. The highest BCUT2D eigenvalue weighted by Crippen LogP contribution is 2.60. The highest BCUT2D eigenvalue weighted by atomic mass is 79.9. The van der Waals surface area contributed by atoms with Gasteiger partial charge in [0.25, 0.3) is 0 Å². The molecule has 0 amide bonds. The molecule has 3 saturated carbocycles. The van der Waals surface area contributed by atoms with Crippen LogP contribution in [0, 0.1) is 11.8 Å². The lowest BCUT2D eigenvalue weighted by Gasteiger charge is -2.59. The number of rotatable bonds is 1. The molecule has 0 heterocycles. The average Bonchev–Trinajstić information content (AvgIpc) is 2.01. The molecule has 0 aromatic heterocycles. The van der Waals surface area contributed by atoms with Crippen LogP contribution in [-0.4, -0.2) is 24.2 Å². The first-order valence-electron chi connectivity index (χ1n) is 4.73. The third-order valence-corrected chi connectivity index (χ3v) is 6.59. The van der Waals surface area contributed by atoms with E-state index in [1.807, 2.05) is 0 Å². The van der Waals surface area contributed by atoms with Crippen molar-refractivity contribution in [1.82, 2.24) is 0 Å². The Hall–Kier alpha value is 0.430. The first-order chi connectivity index (χ1) is 5.85. The van der Waals surface area contributed by atoms with Crippen molar-refractivity contribution in [2.45, 2.75) is 35.8 Å². The van der Waals surface area contributed by atoms with E-state index in [0.29, 0.717) is 11.8 Å². The van der Waals surface area contributed by atoms with Crippen molar-refractivity contribution in [2.24, 2.45) is 11.8 Å². The number of hydrogen-bond acceptors (Lipinski definition) is 2. The lowest BCUT2D eigenvalue weighted by molar-refractivity contribution is 0.0714. The molecule has 3 rings (SSSR count). The van der Waals surface area contributed by atoms with Crippen molar-refractivity contribution in [1.29, 1.82) is 0 Å². The zero-order valence-corrected chi connectivity index (χ0v) is 10.4. The maximum atomic E-state index is 11.5. The summed E-state index contributed by atoms with van der Waals surface area (Å²) in [5, 5.41) is -0.0642. The van der Waals surface area contributed by atoms with Crippen molar-refractivity contribution in [3.8, 4) is 0 Å². The van der Waals surface area contributed by atoms with Crippen molar-refractivity contribution in [3.05, 3.63) is 0 Å². The summed E-state index contributed by atoms with van der Waals surface area (Å²) in [6.07, 6.45) is 4.71. The molecule has 3 aliphatic carbocycles. The third-order valence-electron chi connectivity index (χ3n) is 3.77. The molecule has 4 atom stereocenters. The Bertz CT molecular complexity index is 307. The Balaban J connectivity index is 2.30. The van der Waals surface area contributed by atoms with Gasteiger partial charge < -0.3 is 0 Å². The molecule has 0 aliphatic heterocycles. The number of alkyl halides is 1. The van der Waals surface area contributed by atoms with Gasteiger partial charge in [0.2, 0.25) is 0 Å². The average molecular weight is 267 g/mol. The van der Waals surface area contributed by atoms with E-state index >= 15 is 0 Å². The Labute approximate surface area is 88.1 Å². The van der Waals surface area contributed by atoms with E-state index in [-0.39, 0.29) is 9.57 Å². The Kier molecular flexibility index (Phi) is 2.09. The maximum Gasteiger partial charge on any atom is 0.150 e. The summed E-state index contributed by atoms with van der Waals surface area (Å²) in [6, 6.07) is 0. The lowest BCUT2D eigenvalue weighted by atomic mass is 9.57. The SMILES string of the molecule is CC1(Br)[C@@H]2CCC[C@H]1C2S(C)(=O)=O. The topological polar surface area (TPSA) is 34.1 Å². The Morgan fingerprint density at radius 1 is 1.31 bits per heavy atom. The Morgan fingerprint density at radius 2 is 1.77 bits per heavy atom. The summed E-state index contributed by atoms with van der Waals surface area (Å²) in [7, 11) is -2.83. The van der Waals surface area contributed by atoms with Crippen LogP contribution in [-0.2, 0) is 9.84 Å². The predicted octanol–water partition coefficient (Wildman–Crippen LogP) is 1.98. The van der Waals surface area contributed by atoms with Gasteiger partial charge in [-0.2, -0.15) is 0 Å². The third kappa shape index (κ3) is 1.29. The van der Waals surface area contributed by atoms with E-state index in [2.05, 4.69) is 22.9 Å². The quantitative estimate of drug-likeness (QED) is 0.681. The zero-order valence-electron chi connectivity index (χ0n) is 7.96. The summed E-state index contributed by atoms with van der Waals surface area (Å²) in [4.78, 5) is 0. The maximum absolute atomic E-state index is 11.5. The smallest absolute Gasteiger partial charge is 0.150 e. The molecule has 2 nitrogen and oxygen atoms in total. The van der Waals surface area contributed by atoms with Gasteiger partial charge in [-0.05, 0) is 31.6 Å². The first-order valence-corrected chi connectivity index (χ1v) is 7.47. The predicted molar refractivity (Wildman–Crippen MR) is 56.8 cm³/mol. The van der Waals surface area contributed by atoms with E-state index in [9.17, 15) is 8.42 Å². The Morgan fingerprint density at radius 3 is 2.00 bits per heavy atom. The molecular weight excluding hydrogens is 252 g/mol. The fraction of sp³-hybridized carbons (Fsp3) is 1.00. The highest BCUT2D eigenvalue weighted by Gasteiger charge is 2.62. The summed E-state index contributed by atoms with van der Waals surface area (Å²) in [6.45, 7) is 2.14. The largest absolute Gasteiger partial charge is 0.229 e. The molecule has 2 bridgehead atoms. The van der Waals surface area contributed by atoms with Crippen molar-refractivity contribution in [2.75, 3.05) is 6.26 Å². The van der Waals surface area contributed by atoms with Gasteiger partial charge in [-0.25, -0.2) is 8.42 Å². The standard InChI is InChI=1S/C9H15BrO2S/c1-9(10)6-4-3-5-7(9)8(6)13(2,11)12/h6-8H,3-5H2,1-2H3/t6-,7+,8?,9?. The molecule has 3 aliphatic rings. The first kappa shape index (κ1) is 9.97. The van der Waals surface area contributed by atoms with E-state index in [0.717, 1.165) is 12.8 Å². The molecule has 3 fully saturated rings. The number of fused-ring (bicyclic) bond motifs is 2. The second-order valence-corrected chi connectivity index (χ2v) is 8.50. The fourth-order valence-electron chi connectivity index (χ4n) is 3.13. The molecular formula is C9H15BrO2S. The van der Waals surface area contributed by atoms with Crippen LogP contribution in [0.5, 0.6) is 0 Å². The summed E-state index contributed by atoms with van der Waals surface area (Å²) in [5.74, 6) is 0.697. The van der Waals surface area contributed by atoms with Gasteiger partial charge in [-0.1, -0.05) is 22.4 Å². The minimum atomic E-state index is -2.83.